The maximum atomic E-state index is 11.8. The first-order chi connectivity index (χ1) is 7.77. The molecule has 1 saturated heterocycles. The van der Waals surface area contributed by atoms with Crippen LogP contribution in [0.25, 0.3) is 0 Å². The number of amides is 1. The second kappa shape index (κ2) is 5.52. The maximum absolute atomic E-state index is 11.8. The first-order valence-electron chi connectivity index (χ1n) is 5.00. The summed E-state index contributed by atoms with van der Waals surface area (Å²) < 4.78 is 0. The fourth-order valence-electron chi connectivity index (χ4n) is 1.43. The third kappa shape index (κ3) is 2.87. The Balaban J connectivity index is 1.99. The molecule has 1 amide bonds. The number of hydrogen-bond donors (Lipinski definition) is 2. The Morgan fingerprint density at radius 2 is 2.56 bits per heavy atom. The molecule has 16 heavy (non-hydrogen) atoms. The summed E-state index contributed by atoms with van der Waals surface area (Å²) in [5.74, 6) is 1.79. The van der Waals surface area contributed by atoms with E-state index in [1.807, 2.05) is 0 Å². The van der Waals surface area contributed by atoms with E-state index in [2.05, 4.69) is 15.6 Å². The van der Waals surface area contributed by atoms with Crippen molar-refractivity contribution in [1.29, 1.82) is 0 Å². The number of thioether (sulfide) groups is 1. The zero-order valence-corrected chi connectivity index (χ0v) is 10.1. The molecule has 2 N–H and O–H groups in total. The van der Waals surface area contributed by atoms with Gasteiger partial charge in [-0.05, 0) is 12.1 Å². The van der Waals surface area contributed by atoms with Gasteiger partial charge < -0.3 is 10.6 Å². The van der Waals surface area contributed by atoms with Gasteiger partial charge in [0.05, 0.1) is 11.7 Å². The molecular formula is C10H12ClN3OS. The number of aromatic nitrogens is 1. The third-order valence-corrected chi connectivity index (χ3v) is 3.62. The minimum absolute atomic E-state index is 0.0536. The smallest absolute Gasteiger partial charge is 0.242 e. The van der Waals surface area contributed by atoms with Gasteiger partial charge in [-0.25, -0.2) is 4.98 Å². The van der Waals surface area contributed by atoms with E-state index >= 15 is 0 Å². The quantitative estimate of drug-likeness (QED) is 0.786. The monoisotopic (exact) mass is 257 g/mol. The molecule has 1 fully saturated rings. The van der Waals surface area contributed by atoms with Crippen molar-refractivity contribution in [1.82, 2.24) is 10.3 Å². The van der Waals surface area contributed by atoms with Gasteiger partial charge in [-0.1, -0.05) is 11.6 Å². The lowest BCUT2D eigenvalue weighted by Crippen LogP contribution is -2.46. The molecule has 1 aromatic rings. The van der Waals surface area contributed by atoms with Crippen molar-refractivity contribution in [3.63, 3.8) is 0 Å². The van der Waals surface area contributed by atoms with Crippen LogP contribution in [0.4, 0.5) is 5.69 Å². The molecule has 4 nitrogen and oxygen atoms in total. The average Bonchev–Trinajstić information content (AvgIpc) is 2.33. The van der Waals surface area contributed by atoms with Crippen molar-refractivity contribution in [2.75, 3.05) is 23.4 Å². The molecule has 0 radical (unpaired) electrons. The Hall–Kier alpha value is -0.780. The predicted molar refractivity (Wildman–Crippen MR) is 67.0 cm³/mol. The van der Waals surface area contributed by atoms with Crippen molar-refractivity contribution >= 4 is 35.0 Å². The number of halogens is 1. The Morgan fingerprint density at radius 1 is 1.69 bits per heavy atom. The van der Waals surface area contributed by atoms with Gasteiger partial charge >= 0.3 is 0 Å². The Bertz CT molecular complexity index is 382. The second-order valence-corrected chi connectivity index (χ2v) is 4.92. The summed E-state index contributed by atoms with van der Waals surface area (Å²) in [6.45, 7) is 0.865. The maximum Gasteiger partial charge on any atom is 0.242 e. The summed E-state index contributed by atoms with van der Waals surface area (Å²) in [5.41, 5.74) is 0.562. The highest BCUT2D eigenvalue weighted by molar-refractivity contribution is 7.99. The summed E-state index contributed by atoms with van der Waals surface area (Å²) in [7, 11) is 0. The lowest BCUT2D eigenvalue weighted by Gasteiger charge is -2.22. The van der Waals surface area contributed by atoms with Gasteiger partial charge in [0, 0.05) is 24.2 Å². The third-order valence-electron chi connectivity index (χ3n) is 2.26. The Labute approximate surface area is 103 Å². The van der Waals surface area contributed by atoms with Crippen molar-refractivity contribution in [3.05, 3.63) is 23.5 Å². The van der Waals surface area contributed by atoms with Crippen LogP contribution in [0.1, 0.15) is 0 Å². The molecule has 0 aliphatic carbocycles. The Morgan fingerprint density at radius 3 is 3.25 bits per heavy atom. The van der Waals surface area contributed by atoms with Gasteiger partial charge in [0.15, 0.2) is 5.15 Å². The standard InChI is InChI=1S/C10H12ClN3OS/c11-9-7(2-1-3-13-9)14-10(15)8-6-16-5-4-12-8/h1-3,8,12H,4-6H2,(H,14,15). The molecule has 2 rings (SSSR count). The van der Waals surface area contributed by atoms with Crippen LogP contribution in [0, 0.1) is 0 Å². The molecule has 2 heterocycles. The summed E-state index contributed by atoms with van der Waals surface area (Å²) in [4.78, 5) is 15.7. The van der Waals surface area contributed by atoms with E-state index in [0.717, 1.165) is 18.1 Å². The molecule has 0 aromatic carbocycles. The van der Waals surface area contributed by atoms with E-state index in [1.165, 1.54) is 0 Å². The van der Waals surface area contributed by atoms with Crippen LogP contribution in [0.5, 0.6) is 0 Å². The van der Waals surface area contributed by atoms with Crippen LogP contribution in [0.15, 0.2) is 18.3 Å². The van der Waals surface area contributed by atoms with Gasteiger partial charge in [-0.3, -0.25) is 4.79 Å². The van der Waals surface area contributed by atoms with Gasteiger partial charge in [0.2, 0.25) is 5.91 Å². The zero-order valence-electron chi connectivity index (χ0n) is 8.57. The topological polar surface area (TPSA) is 54.0 Å². The van der Waals surface area contributed by atoms with Crippen LogP contribution < -0.4 is 10.6 Å². The van der Waals surface area contributed by atoms with E-state index < -0.39 is 0 Å². The SMILES string of the molecule is O=C(Nc1cccnc1Cl)C1CSCCN1. The van der Waals surface area contributed by atoms with Gasteiger partial charge in [-0.2, -0.15) is 11.8 Å². The first kappa shape index (κ1) is 11.7. The van der Waals surface area contributed by atoms with Crippen molar-refractivity contribution in [2.24, 2.45) is 0 Å². The van der Waals surface area contributed by atoms with E-state index in [4.69, 9.17) is 11.6 Å². The molecule has 6 heteroatoms. The van der Waals surface area contributed by atoms with E-state index in [9.17, 15) is 4.79 Å². The van der Waals surface area contributed by atoms with Gasteiger partial charge in [0.25, 0.3) is 0 Å². The number of pyridine rings is 1. The summed E-state index contributed by atoms with van der Waals surface area (Å²) in [6, 6.07) is 3.34. The van der Waals surface area contributed by atoms with Crippen molar-refractivity contribution < 1.29 is 4.79 Å². The fourth-order valence-corrected chi connectivity index (χ4v) is 2.53. The summed E-state index contributed by atoms with van der Waals surface area (Å²) in [6.07, 6.45) is 1.59. The molecule has 1 aliphatic heterocycles. The normalized spacial score (nSPS) is 20.4. The van der Waals surface area contributed by atoms with Crippen LogP contribution in [0.2, 0.25) is 5.15 Å². The lowest BCUT2D eigenvalue weighted by atomic mass is 10.3. The first-order valence-corrected chi connectivity index (χ1v) is 6.53. The molecule has 1 unspecified atom stereocenters. The number of nitrogens with one attached hydrogen (secondary N) is 2. The minimum atomic E-state index is -0.143. The molecule has 0 bridgehead atoms. The molecule has 1 atom stereocenters. The van der Waals surface area contributed by atoms with Crippen LogP contribution in [0.3, 0.4) is 0 Å². The number of rotatable bonds is 2. The molecule has 1 aromatic heterocycles. The van der Waals surface area contributed by atoms with Crippen LogP contribution >= 0.6 is 23.4 Å². The van der Waals surface area contributed by atoms with E-state index in [0.29, 0.717) is 10.8 Å². The van der Waals surface area contributed by atoms with Crippen LogP contribution in [-0.4, -0.2) is 35.0 Å². The molecule has 86 valence electrons. The average molecular weight is 258 g/mol. The fraction of sp³-hybridized carbons (Fsp3) is 0.400. The van der Waals surface area contributed by atoms with E-state index in [1.54, 1.807) is 30.1 Å². The summed E-state index contributed by atoms with van der Waals surface area (Å²) in [5, 5.41) is 6.25. The van der Waals surface area contributed by atoms with Gasteiger partial charge in [-0.15, -0.1) is 0 Å². The zero-order chi connectivity index (χ0) is 11.4. The van der Waals surface area contributed by atoms with Crippen LogP contribution in [-0.2, 0) is 4.79 Å². The highest BCUT2D eigenvalue weighted by Gasteiger charge is 2.21. The minimum Gasteiger partial charge on any atom is -0.322 e. The highest BCUT2D eigenvalue weighted by Crippen LogP contribution is 2.18. The number of anilines is 1. The number of carbonyl (C=O) groups excluding carboxylic acids is 1. The lowest BCUT2D eigenvalue weighted by molar-refractivity contribution is -0.117. The largest absolute Gasteiger partial charge is 0.322 e. The Kier molecular flexibility index (Phi) is 4.04. The molecule has 1 aliphatic rings. The van der Waals surface area contributed by atoms with Crippen molar-refractivity contribution in [3.8, 4) is 0 Å². The predicted octanol–water partition coefficient (Wildman–Crippen LogP) is 1.38. The molecule has 0 saturated carbocycles. The summed E-state index contributed by atoms with van der Waals surface area (Å²) >= 11 is 7.63. The number of nitrogens with zero attached hydrogens (tertiary/aromatic N) is 1. The van der Waals surface area contributed by atoms with Gasteiger partial charge in [0.1, 0.15) is 0 Å². The highest BCUT2D eigenvalue weighted by atomic mass is 35.5. The van der Waals surface area contributed by atoms with Crippen molar-refractivity contribution in [2.45, 2.75) is 6.04 Å². The van der Waals surface area contributed by atoms with E-state index in [-0.39, 0.29) is 11.9 Å². The molecule has 0 spiro atoms. The second-order valence-electron chi connectivity index (χ2n) is 3.41. The molecular weight excluding hydrogens is 246 g/mol. The number of carbonyl (C=O) groups is 1. The number of hydrogen-bond acceptors (Lipinski definition) is 4.